The highest BCUT2D eigenvalue weighted by molar-refractivity contribution is 7.80. The molecule has 1 unspecified atom stereocenters. The van der Waals surface area contributed by atoms with Crippen molar-refractivity contribution < 1.29 is 4.74 Å². The van der Waals surface area contributed by atoms with E-state index < -0.39 is 0 Å². The Hall–Kier alpha value is -2.07. The van der Waals surface area contributed by atoms with Crippen molar-refractivity contribution in [2.75, 3.05) is 12.4 Å². The molecule has 0 spiro atoms. The summed E-state index contributed by atoms with van der Waals surface area (Å²) in [5.74, 6) is 0.846. The van der Waals surface area contributed by atoms with Crippen LogP contribution in [-0.2, 0) is 0 Å². The number of ether oxygens (including phenoxy) is 1. The minimum absolute atomic E-state index is 0.101. The van der Waals surface area contributed by atoms with E-state index in [0.29, 0.717) is 5.11 Å². The highest BCUT2D eigenvalue weighted by Crippen LogP contribution is 2.19. The summed E-state index contributed by atoms with van der Waals surface area (Å²) in [6.07, 6.45) is 0. The zero-order valence-corrected chi connectivity index (χ0v) is 13.3. The van der Waals surface area contributed by atoms with E-state index in [4.69, 9.17) is 17.0 Å². The SMILES string of the molecule is COc1cccc(C(C)NC(=S)Nc2ccccc2C)c1. The Kier molecular flexibility index (Phi) is 5.17. The zero-order valence-electron chi connectivity index (χ0n) is 12.5. The van der Waals surface area contributed by atoms with Crippen molar-refractivity contribution in [2.45, 2.75) is 19.9 Å². The van der Waals surface area contributed by atoms with Crippen LogP contribution in [0.5, 0.6) is 5.75 Å². The third-order valence-electron chi connectivity index (χ3n) is 3.33. The molecule has 21 heavy (non-hydrogen) atoms. The number of hydrogen-bond acceptors (Lipinski definition) is 2. The Morgan fingerprint density at radius 3 is 2.62 bits per heavy atom. The van der Waals surface area contributed by atoms with Crippen molar-refractivity contribution >= 4 is 23.0 Å². The van der Waals surface area contributed by atoms with Gasteiger partial charge >= 0.3 is 0 Å². The quantitative estimate of drug-likeness (QED) is 0.835. The Morgan fingerprint density at radius 1 is 1.14 bits per heavy atom. The number of rotatable bonds is 4. The summed E-state index contributed by atoms with van der Waals surface area (Å²) >= 11 is 5.38. The van der Waals surface area contributed by atoms with Gasteiger partial charge in [-0.3, -0.25) is 0 Å². The van der Waals surface area contributed by atoms with Crippen LogP contribution in [0.1, 0.15) is 24.1 Å². The minimum atomic E-state index is 0.101. The summed E-state index contributed by atoms with van der Waals surface area (Å²) < 4.78 is 5.25. The molecule has 0 radical (unpaired) electrons. The van der Waals surface area contributed by atoms with Crippen LogP contribution in [0, 0.1) is 6.92 Å². The largest absolute Gasteiger partial charge is 0.497 e. The van der Waals surface area contributed by atoms with Crippen molar-refractivity contribution in [3.63, 3.8) is 0 Å². The van der Waals surface area contributed by atoms with Gasteiger partial charge < -0.3 is 15.4 Å². The highest BCUT2D eigenvalue weighted by atomic mass is 32.1. The number of nitrogens with one attached hydrogen (secondary N) is 2. The van der Waals surface area contributed by atoms with E-state index in [2.05, 4.69) is 36.6 Å². The second-order valence-electron chi connectivity index (χ2n) is 4.91. The number of thiocarbonyl (C=S) groups is 1. The molecule has 1 atom stereocenters. The summed E-state index contributed by atoms with van der Waals surface area (Å²) in [5, 5.41) is 7.13. The Morgan fingerprint density at radius 2 is 1.90 bits per heavy atom. The number of benzene rings is 2. The summed E-state index contributed by atoms with van der Waals surface area (Å²) in [6, 6.07) is 16.1. The molecule has 0 heterocycles. The van der Waals surface area contributed by atoms with Crippen LogP contribution in [0.2, 0.25) is 0 Å². The van der Waals surface area contributed by atoms with Crippen LogP contribution in [0.4, 0.5) is 5.69 Å². The fourth-order valence-corrected chi connectivity index (χ4v) is 2.35. The minimum Gasteiger partial charge on any atom is -0.497 e. The van der Waals surface area contributed by atoms with Crippen LogP contribution < -0.4 is 15.4 Å². The normalized spacial score (nSPS) is 11.6. The van der Waals surface area contributed by atoms with Crippen molar-refractivity contribution in [3.05, 3.63) is 59.7 Å². The molecule has 3 nitrogen and oxygen atoms in total. The van der Waals surface area contributed by atoms with E-state index in [1.54, 1.807) is 7.11 Å². The number of hydrogen-bond donors (Lipinski definition) is 2. The molecule has 0 saturated carbocycles. The average Bonchev–Trinajstić information content (AvgIpc) is 2.49. The molecule has 0 aliphatic carbocycles. The van der Waals surface area contributed by atoms with Gasteiger partial charge in [0.05, 0.1) is 13.2 Å². The van der Waals surface area contributed by atoms with E-state index in [9.17, 15) is 0 Å². The molecule has 0 saturated heterocycles. The summed E-state index contributed by atoms with van der Waals surface area (Å²) in [7, 11) is 1.67. The molecular weight excluding hydrogens is 280 g/mol. The smallest absolute Gasteiger partial charge is 0.171 e. The first kappa shape index (κ1) is 15.3. The first-order valence-electron chi connectivity index (χ1n) is 6.87. The second-order valence-corrected chi connectivity index (χ2v) is 5.32. The predicted molar refractivity (Wildman–Crippen MR) is 91.9 cm³/mol. The van der Waals surface area contributed by atoms with Crippen LogP contribution in [0.25, 0.3) is 0 Å². The maximum atomic E-state index is 5.38. The average molecular weight is 300 g/mol. The third-order valence-corrected chi connectivity index (χ3v) is 3.55. The molecule has 0 amide bonds. The van der Waals surface area contributed by atoms with Gasteiger partial charge in [-0.05, 0) is 55.4 Å². The zero-order chi connectivity index (χ0) is 15.2. The first-order valence-corrected chi connectivity index (χ1v) is 7.28. The number of methoxy groups -OCH3 is 1. The Balaban J connectivity index is 2.00. The third kappa shape index (κ3) is 4.20. The van der Waals surface area contributed by atoms with Crippen molar-refractivity contribution in [1.82, 2.24) is 5.32 Å². The van der Waals surface area contributed by atoms with Gasteiger partial charge in [-0.25, -0.2) is 0 Å². The lowest BCUT2D eigenvalue weighted by atomic mass is 10.1. The summed E-state index contributed by atoms with van der Waals surface area (Å²) in [5.41, 5.74) is 3.31. The fraction of sp³-hybridized carbons (Fsp3) is 0.235. The van der Waals surface area contributed by atoms with E-state index >= 15 is 0 Å². The van der Waals surface area contributed by atoms with Gasteiger partial charge in [0.25, 0.3) is 0 Å². The lowest BCUT2D eigenvalue weighted by Gasteiger charge is -2.18. The molecule has 0 fully saturated rings. The van der Waals surface area contributed by atoms with Gasteiger partial charge in [0.15, 0.2) is 5.11 Å². The summed E-state index contributed by atoms with van der Waals surface area (Å²) in [4.78, 5) is 0. The van der Waals surface area contributed by atoms with Gasteiger partial charge in [0.2, 0.25) is 0 Å². The maximum Gasteiger partial charge on any atom is 0.171 e. The molecule has 0 aromatic heterocycles. The van der Waals surface area contributed by atoms with Gasteiger partial charge in [-0.15, -0.1) is 0 Å². The molecule has 2 aromatic carbocycles. The van der Waals surface area contributed by atoms with E-state index in [-0.39, 0.29) is 6.04 Å². The lowest BCUT2D eigenvalue weighted by molar-refractivity contribution is 0.413. The van der Waals surface area contributed by atoms with Gasteiger partial charge in [0, 0.05) is 5.69 Å². The number of para-hydroxylation sites is 1. The molecule has 0 bridgehead atoms. The van der Waals surface area contributed by atoms with Crippen LogP contribution in [-0.4, -0.2) is 12.2 Å². The molecule has 2 aromatic rings. The molecule has 0 aliphatic heterocycles. The summed E-state index contributed by atoms with van der Waals surface area (Å²) in [6.45, 7) is 4.12. The highest BCUT2D eigenvalue weighted by Gasteiger charge is 2.08. The van der Waals surface area contributed by atoms with Crippen molar-refractivity contribution in [1.29, 1.82) is 0 Å². The number of aryl methyl sites for hydroxylation is 1. The Labute approximate surface area is 131 Å². The molecule has 2 rings (SSSR count). The monoisotopic (exact) mass is 300 g/mol. The van der Waals surface area contributed by atoms with Gasteiger partial charge in [-0.1, -0.05) is 30.3 Å². The van der Waals surface area contributed by atoms with E-state index in [0.717, 1.165) is 22.6 Å². The maximum absolute atomic E-state index is 5.38. The molecule has 110 valence electrons. The lowest BCUT2D eigenvalue weighted by Crippen LogP contribution is -2.31. The van der Waals surface area contributed by atoms with Gasteiger partial charge in [-0.2, -0.15) is 0 Å². The topological polar surface area (TPSA) is 33.3 Å². The Bertz CT molecular complexity index is 628. The van der Waals surface area contributed by atoms with Crippen LogP contribution >= 0.6 is 12.2 Å². The number of anilines is 1. The molecule has 4 heteroatoms. The van der Waals surface area contributed by atoms with Gasteiger partial charge in [0.1, 0.15) is 5.75 Å². The molecule has 0 aliphatic rings. The van der Waals surface area contributed by atoms with Crippen LogP contribution in [0.3, 0.4) is 0 Å². The van der Waals surface area contributed by atoms with Crippen molar-refractivity contribution in [2.24, 2.45) is 0 Å². The fourth-order valence-electron chi connectivity index (χ4n) is 2.06. The second kappa shape index (κ2) is 7.09. The molecular formula is C17H20N2OS. The molecule has 2 N–H and O–H groups in total. The standard InChI is InChI=1S/C17H20N2OS/c1-12-7-4-5-10-16(12)19-17(21)18-13(2)14-8-6-9-15(11-14)20-3/h4-11,13H,1-3H3,(H2,18,19,21). The first-order chi connectivity index (χ1) is 10.1. The van der Waals surface area contributed by atoms with Crippen molar-refractivity contribution in [3.8, 4) is 5.75 Å². The predicted octanol–water partition coefficient (Wildman–Crippen LogP) is 4.05. The van der Waals surface area contributed by atoms with E-state index in [1.807, 2.05) is 36.4 Å². The van der Waals surface area contributed by atoms with Crippen LogP contribution in [0.15, 0.2) is 48.5 Å². The van der Waals surface area contributed by atoms with E-state index in [1.165, 1.54) is 0 Å².